The standard InChI is InChI=1S/C17H33N3O2/c1-16(2,3)11-14(21)18-12-13-7-9-20(10-8-13)15(22)19-17(4,5)6/h13H,7-12H2,1-6H3,(H,18,21)(H,19,22). The number of piperidine rings is 1. The normalized spacial score (nSPS) is 17.3. The molecule has 1 aliphatic rings. The Morgan fingerprint density at radius 3 is 2.05 bits per heavy atom. The summed E-state index contributed by atoms with van der Waals surface area (Å²) in [6.07, 6.45) is 2.46. The maximum absolute atomic E-state index is 12.1. The van der Waals surface area contributed by atoms with Gasteiger partial charge in [-0.05, 0) is 44.9 Å². The molecule has 5 nitrogen and oxygen atoms in total. The van der Waals surface area contributed by atoms with Crippen LogP contribution < -0.4 is 10.6 Å². The second-order valence-electron chi connectivity index (χ2n) is 8.65. The summed E-state index contributed by atoms with van der Waals surface area (Å²) in [7, 11) is 0. The second kappa shape index (κ2) is 7.34. The highest BCUT2D eigenvalue weighted by Crippen LogP contribution is 2.19. The zero-order valence-corrected chi connectivity index (χ0v) is 15.1. The van der Waals surface area contributed by atoms with Crippen molar-refractivity contribution in [1.29, 1.82) is 0 Å². The van der Waals surface area contributed by atoms with Crippen LogP contribution in [0.15, 0.2) is 0 Å². The van der Waals surface area contributed by atoms with Crippen molar-refractivity contribution in [2.45, 2.75) is 66.3 Å². The highest BCUT2D eigenvalue weighted by Gasteiger charge is 2.25. The number of carbonyl (C=O) groups excluding carboxylic acids is 2. The number of nitrogens with one attached hydrogen (secondary N) is 2. The third-order valence-electron chi connectivity index (χ3n) is 3.66. The summed E-state index contributed by atoms with van der Waals surface area (Å²) >= 11 is 0. The van der Waals surface area contributed by atoms with Gasteiger partial charge in [0.05, 0.1) is 0 Å². The van der Waals surface area contributed by atoms with Crippen molar-refractivity contribution in [3.05, 3.63) is 0 Å². The Bertz CT molecular complexity index is 386. The van der Waals surface area contributed by atoms with E-state index >= 15 is 0 Å². The lowest BCUT2D eigenvalue weighted by Gasteiger charge is -2.34. The Balaban J connectivity index is 2.28. The largest absolute Gasteiger partial charge is 0.356 e. The van der Waals surface area contributed by atoms with Gasteiger partial charge in [-0.3, -0.25) is 4.79 Å². The first-order valence-electron chi connectivity index (χ1n) is 8.30. The Kier molecular flexibility index (Phi) is 6.27. The number of rotatable bonds is 3. The fourth-order valence-electron chi connectivity index (χ4n) is 2.54. The van der Waals surface area contributed by atoms with Crippen LogP contribution in [0.2, 0.25) is 0 Å². The highest BCUT2D eigenvalue weighted by atomic mass is 16.2. The van der Waals surface area contributed by atoms with Crippen molar-refractivity contribution >= 4 is 11.9 Å². The molecule has 1 rings (SSSR count). The van der Waals surface area contributed by atoms with E-state index in [-0.39, 0.29) is 22.9 Å². The van der Waals surface area contributed by atoms with E-state index in [1.54, 1.807) is 0 Å². The van der Waals surface area contributed by atoms with Crippen LogP contribution in [0.3, 0.4) is 0 Å². The molecule has 0 unspecified atom stereocenters. The molecule has 0 aromatic carbocycles. The molecule has 0 aliphatic carbocycles. The predicted octanol–water partition coefficient (Wildman–Crippen LogP) is 2.76. The molecular weight excluding hydrogens is 278 g/mol. The molecule has 1 fully saturated rings. The minimum Gasteiger partial charge on any atom is -0.356 e. The monoisotopic (exact) mass is 311 g/mol. The molecule has 3 amide bonds. The Labute approximate surface area is 135 Å². The van der Waals surface area contributed by atoms with Crippen LogP contribution in [-0.4, -0.2) is 42.0 Å². The van der Waals surface area contributed by atoms with Crippen LogP contribution in [-0.2, 0) is 4.79 Å². The Morgan fingerprint density at radius 1 is 1.05 bits per heavy atom. The predicted molar refractivity (Wildman–Crippen MR) is 89.7 cm³/mol. The quantitative estimate of drug-likeness (QED) is 0.842. The van der Waals surface area contributed by atoms with Gasteiger partial charge in [-0.1, -0.05) is 20.8 Å². The van der Waals surface area contributed by atoms with E-state index in [9.17, 15) is 9.59 Å². The van der Waals surface area contributed by atoms with Crippen LogP contribution >= 0.6 is 0 Å². The van der Waals surface area contributed by atoms with Crippen LogP contribution in [0.4, 0.5) is 4.79 Å². The molecule has 1 saturated heterocycles. The zero-order valence-electron chi connectivity index (χ0n) is 15.1. The number of urea groups is 1. The first-order chi connectivity index (χ1) is 9.96. The smallest absolute Gasteiger partial charge is 0.317 e. The minimum absolute atomic E-state index is 0.0164. The van der Waals surface area contributed by atoms with Crippen molar-refractivity contribution in [3.8, 4) is 0 Å². The Hall–Kier alpha value is -1.26. The molecule has 0 aromatic rings. The summed E-state index contributed by atoms with van der Waals surface area (Å²) in [5.74, 6) is 0.600. The lowest BCUT2D eigenvalue weighted by Crippen LogP contribution is -2.51. The first-order valence-corrected chi connectivity index (χ1v) is 8.30. The molecule has 5 heteroatoms. The third-order valence-corrected chi connectivity index (χ3v) is 3.66. The number of amides is 3. The maximum atomic E-state index is 12.1. The Morgan fingerprint density at radius 2 is 1.59 bits per heavy atom. The molecule has 0 atom stereocenters. The number of hydrogen-bond donors (Lipinski definition) is 2. The topological polar surface area (TPSA) is 61.4 Å². The van der Waals surface area contributed by atoms with Crippen LogP contribution in [0.25, 0.3) is 0 Å². The molecule has 1 aliphatic heterocycles. The van der Waals surface area contributed by atoms with Gasteiger partial charge in [-0.2, -0.15) is 0 Å². The fourth-order valence-corrected chi connectivity index (χ4v) is 2.54. The maximum Gasteiger partial charge on any atom is 0.317 e. The van der Waals surface area contributed by atoms with E-state index < -0.39 is 0 Å². The zero-order chi connectivity index (χ0) is 17.0. The summed E-state index contributed by atoms with van der Waals surface area (Å²) in [5.41, 5.74) is -0.173. The summed E-state index contributed by atoms with van der Waals surface area (Å²) in [4.78, 5) is 25.8. The number of likely N-dealkylation sites (tertiary alicyclic amines) is 1. The van der Waals surface area contributed by atoms with Gasteiger partial charge >= 0.3 is 6.03 Å². The van der Waals surface area contributed by atoms with Gasteiger partial charge in [0, 0.05) is 31.6 Å². The van der Waals surface area contributed by atoms with Gasteiger partial charge in [-0.25, -0.2) is 4.79 Å². The molecule has 0 bridgehead atoms. The van der Waals surface area contributed by atoms with Crippen molar-refractivity contribution in [1.82, 2.24) is 15.5 Å². The SMILES string of the molecule is CC(C)(C)CC(=O)NCC1CCN(C(=O)NC(C)(C)C)CC1. The molecule has 128 valence electrons. The van der Waals surface area contributed by atoms with Gasteiger partial charge in [0.25, 0.3) is 0 Å². The fraction of sp³-hybridized carbons (Fsp3) is 0.882. The van der Waals surface area contributed by atoms with Crippen molar-refractivity contribution in [3.63, 3.8) is 0 Å². The molecular formula is C17H33N3O2. The summed E-state index contributed by atoms with van der Waals surface area (Å²) in [6.45, 7) is 14.4. The summed E-state index contributed by atoms with van der Waals surface area (Å²) < 4.78 is 0. The van der Waals surface area contributed by atoms with E-state index in [2.05, 4.69) is 31.4 Å². The average molecular weight is 311 g/mol. The van der Waals surface area contributed by atoms with E-state index in [4.69, 9.17) is 0 Å². The van der Waals surface area contributed by atoms with Crippen molar-refractivity contribution in [2.24, 2.45) is 11.3 Å². The van der Waals surface area contributed by atoms with Crippen LogP contribution in [0.5, 0.6) is 0 Å². The summed E-state index contributed by atoms with van der Waals surface area (Å²) in [6, 6.07) is 0.0164. The number of hydrogen-bond acceptors (Lipinski definition) is 2. The molecule has 0 saturated carbocycles. The van der Waals surface area contributed by atoms with E-state index in [0.717, 1.165) is 32.5 Å². The lowest BCUT2D eigenvalue weighted by atomic mass is 9.91. The minimum atomic E-state index is -0.200. The number of nitrogens with zero attached hydrogens (tertiary/aromatic N) is 1. The highest BCUT2D eigenvalue weighted by molar-refractivity contribution is 5.76. The molecule has 1 heterocycles. The van der Waals surface area contributed by atoms with E-state index in [1.165, 1.54) is 0 Å². The van der Waals surface area contributed by atoms with Gasteiger partial charge < -0.3 is 15.5 Å². The van der Waals surface area contributed by atoms with Gasteiger partial charge in [0.2, 0.25) is 5.91 Å². The van der Waals surface area contributed by atoms with Crippen LogP contribution in [0, 0.1) is 11.3 Å². The van der Waals surface area contributed by atoms with Crippen molar-refractivity contribution < 1.29 is 9.59 Å². The summed E-state index contributed by atoms with van der Waals surface area (Å²) in [5, 5.41) is 6.03. The first kappa shape index (κ1) is 18.8. The van der Waals surface area contributed by atoms with Crippen molar-refractivity contribution in [2.75, 3.05) is 19.6 Å². The molecule has 2 N–H and O–H groups in total. The lowest BCUT2D eigenvalue weighted by molar-refractivity contribution is -0.123. The average Bonchev–Trinajstić information content (AvgIpc) is 2.33. The molecule has 0 aromatic heterocycles. The van der Waals surface area contributed by atoms with Crippen LogP contribution in [0.1, 0.15) is 60.8 Å². The van der Waals surface area contributed by atoms with Gasteiger partial charge in [-0.15, -0.1) is 0 Å². The molecule has 0 spiro atoms. The van der Waals surface area contributed by atoms with Gasteiger partial charge in [0.15, 0.2) is 0 Å². The number of carbonyl (C=O) groups is 2. The van der Waals surface area contributed by atoms with E-state index in [0.29, 0.717) is 12.3 Å². The third kappa shape index (κ3) is 7.66. The van der Waals surface area contributed by atoms with E-state index in [1.807, 2.05) is 25.7 Å². The molecule has 22 heavy (non-hydrogen) atoms. The molecule has 0 radical (unpaired) electrons. The second-order valence-corrected chi connectivity index (χ2v) is 8.65. The van der Waals surface area contributed by atoms with Gasteiger partial charge in [0.1, 0.15) is 0 Å².